The molecule has 0 radical (unpaired) electrons. The highest BCUT2D eigenvalue weighted by Crippen LogP contribution is 2.23. The number of nitrogens with zero attached hydrogens (tertiary/aromatic N) is 2. The molecule has 74 valence electrons. The van der Waals surface area contributed by atoms with Crippen molar-refractivity contribution in [2.45, 2.75) is 33.6 Å². The maximum atomic E-state index is 5.68. The van der Waals surface area contributed by atoms with Crippen molar-refractivity contribution >= 4 is 12.2 Å². The molecule has 0 spiro atoms. The molecule has 3 N–H and O–H groups in total. The zero-order valence-electron chi connectivity index (χ0n) is 8.29. The van der Waals surface area contributed by atoms with E-state index in [2.05, 4.69) is 31.0 Å². The molecular weight excluding hydrogens is 184 g/mol. The number of nitrogens with one attached hydrogen (secondary N) is 1. The zero-order valence-corrected chi connectivity index (χ0v) is 9.11. The van der Waals surface area contributed by atoms with Gasteiger partial charge in [-0.2, -0.15) is 5.10 Å². The summed E-state index contributed by atoms with van der Waals surface area (Å²) >= 11 is 4.92. The highest BCUT2D eigenvalue weighted by molar-refractivity contribution is 7.71. The van der Waals surface area contributed by atoms with Crippen LogP contribution in [0.25, 0.3) is 0 Å². The first-order valence-corrected chi connectivity index (χ1v) is 4.78. The SMILES string of the molecule is CCC(C)(C)Cc1n[nH]c(=S)n1N. The summed E-state index contributed by atoms with van der Waals surface area (Å²) < 4.78 is 1.91. The number of rotatable bonds is 3. The molecule has 0 atom stereocenters. The molecule has 1 aromatic heterocycles. The summed E-state index contributed by atoms with van der Waals surface area (Å²) in [6, 6.07) is 0. The van der Waals surface area contributed by atoms with Gasteiger partial charge in [0, 0.05) is 6.42 Å². The van der Waals surface area contributed by atoms with Crippen molar-refractivity contribution in [3.63, 3.8) is 0 Å². The number of hydrogen-bond acceptors (Lipinski definition) is 3. The van der Waals surface area contributed by atoms with E-state index in [4.69, 9.17) is 18.1 Å². The number of nitrogens with two attached hydrogens (primary N) is 1. The largest absolute Gasteiger partial charge is 0.335 e. The van der Waals surface area contributed by atoms with Crippen LogP contribution in [0.1, 0.15) is 33.0 Å². The second-order valence-corrected chi connectivity index (χ2v) is 4.40. The molecular formula is C8H16N4S. The second-order valence-electron chi connectivity index (χ2n) is 4.01. The predicted molar refractivity (Wildman–Crippen MR) is 55.3 cm³/mol. The van der Waals surface area contributed by atoms with Gasteiger partial charge in [-0.15, -0.1) is 0 Å². The lowest BCUT2D eigenvalue weighted by atomic mass is 9.86. The van der Waals surface area contributed by atoms with Gasteiger partial charge < -0.3 is 5.84 Å². The fraction of sp³-hybridized carbons (Fsp3) is 0.750. The van der Waals surface area contributed by atoms with Crippen molar-refractivity contribution in [2.75, 3.05) is 5.84 Å². The topological polar surface area (TPSA) is 59.6 Å². The van der Waals surface area contributed by atoms with Gasteiger partial charge in [-0.1, -0.05) is 27.2 Å². The van der Waals surface area contributed by atoms with Gasteiger partial charge in [-0.05, 0) is 17.6 Å². The standard InChI is InChI=1S/C8H16N4S/c1-4-8(2,3)5-6-10-11-7(13)12(6)9/h4-5,9H2,1-3H3,(H,11,13). The molecule has 0 bridgehead atoms. The van der Waals surface area contributed by atoms with Crippen LogP contribution in [0.15, 0.2) is 0 Å². The molecule has 0 fully saturated rings. The monoisotopic (exact) mass is 200 g/mol. The van der Waals surface area contributed by atoms with Gasteiger partial charge in [0.1, 0.15) is 0 Å². The van der Waals surface area contributed by atoms with Gasteiger partial charge in [-0.25, -0.2) is 4.68 Å². The Labute approximate surface area is 83.1 Å². The van der Waals surface area contributed by atoms with E-state index in [1.54, 1.807) is 0 Å². The van der Waals surface area contributed by atoms with Crippen LogP contribution >= 0.6 is 12.2 Å². The molecule has 0 amide bonds. The molecule has 1 rings (SSSR count). The molecule has 5 heteroatoms. The summed E-state index contributed by atoms with van der Waals surface area (Å²) in [5, 5.41) is 6.74. The van der Waals surface area contributed by atoms with E-state index in [1.165, 1.54) is 4.68 Å². The van der Waals surface area contributed by atoms with Gasteiger partial charge in [-0.3, -0.25) is 5.10 Å². The van der Waals surface area contributed by atoms with E-state index in [-0.39, 0.29) is 5.41 Å². The molecule has 0 aliphatic heterocycles. The average molecular weight is 200 g/mol. The predicted octanol–water partition coefficient (Wildman–Crippen LogP) is 1.63. The minimum absolute atomic E-state index is 0.220. The smallest absolute Gasteiger partial charge is 0.214 e. The van der Waals surface area contributed by atoms with Crippen LogP contribution in [0.4, 0.5) is 0 Å². The summed E-state index contributed by atoms with van der Waals surface area (Å²) in [5.74, 6) is 6.50. The summed E-state index contributed by atoms with van der Waals surface area (Å²) in [6.45, 7) is 6.53. The molecule has 1 heterocycles. The minimum Gasteiger partial charge on any atom is -0.335 e. The van der Waals surface area contributed by atoms with E-state index in [0.29, 0.717) is 4.77 Å². The lowest BCUT2D eigenvalue weighted by Crippen LogP contribution is -2.20. The van der Waals surface area contributed by atoms with Crippen LogP contribution in [0.5, 0.6) is 0 Å². The third-order valence-corrected chi connectivity index (χ3v) is 2.66. The van der Waals surface area contributed by atoms with Crippen LogP contribution < -0.4 is 5.84 Å². The van der Waals surface area contributed by atoms with Crippen LogP contribution in [-0.2, 0) is 6.42 Å². The van der Waals surface area contributed by atoms with Crippen LogP contribution in [-0.4, -0.2) is 14.9 Å². The van der Waals surface area contributed by atoms with Crippen LogP contribution in [0, 0.1) is 10.2 Å². The van der Waals surface area contributed by atoms with Crippen LogP contribution in [0.2, 0.25) is 0 Å². The lowest BCUT2D eigenvalue weighted by Gasteiger charge is -2.21. The highest BCUT2D eigenvalue weighted by atomic mass is 32.1. The van der Waals surface area contributed by atoms with E-state index in [0.717, 1.165) is 18.7 Å². The maximum Gasteiger partial charge on any atom is 0.214 e. The third-order valence-electron chi connectivity index (χ3n) is 2.37. The Kier molecular flexibility index (Phi) is 2.75. The van der Waals surface area contributed by atoms with Crippen molar-refractivity contribution in [1.29, 1.82) is 0 Å². The summed E-state index contributed by atoms with van der Waals surface area (Å²) in [5.41, 5.74) is 0.220. The second kappa shape index (κ2) is 3.49. The number of hydrogen-bond donors (Lipinski definition) is 2. The normalized spacial score (nSPS) is 11.9. The molecule has 0 unspecified atom stereocenters. The fourth-order valence-corrected chi connectivity index (χ4v) is 1.17. The molecule has 4 nitrogen and oxygen atoms in total. The quantitative estimate of drug-likeness (QED) is 0.576. The van der Waals surface area contributed by atoms with Gasteiger partial charge in [0.2, 0.25) is 4.77 Å². The number of nitrogen functional groups attached to an aromatic ring is 1. The third kappa shape index (κ3) is 2.30. The van der Waals surface area contributed by atoms with E-state index in [1.807, 2.05) is 0 Å². The fourth-order valence-electron chi connectivity index (χ4n) is 1.02. The lowest BCUT2D eigenvalue weighted by molar-refractivity contribution is 0.338. The van der Waals surface area contributed by atoms with Crippen molar-refractivity contribution in [3.8, 4) is 0 Å². The Hall–Kier alpha value is -0.840. The summed E-state index contributed by atoms with van der Waals surface area (Å²) in [6.07, 6.45) is 1.93. The Morgan fingerprint density at radius 3 is 2.62 bits per heavy atom. The Morgan fingerprint density at radius 1 is 1.62 bits per heavy atom. The molecule has 0 aromatic carbocycles. The highest BCUT2D eigenvalue weighted by Gasteiger charge is 2.19. The van der Waals surface area contributed by atoms with Gasteiger partial charge in [0.25, 0.3) is 0 Å². The minimum atomic E-state index is 0.220. The van der Waals surface area contributed by atoms with E-state index < -0.39 is 0 Å². The molecule has 0 saturated heterocycles. The zero-order chi connectivity index (χ0) is 10.1. The molecule has 0 aliphatic carbocycles. The van der Waals surface area contributed by atoms with Gasteiger partial charge >= 0.3 is 0 Å². The number of H-pyrrole nitrogens is 1. The first kappa shape index (κ1) is 10.2. The number of aromatic amines is 1. The first-order valence-electron chi connectivity index (χ1n) is 4.37. The van der Waals surface area contributed by atoms with E-state index >= 15 is 0 Å². The Morgan fingerprint density at radius 2 is 2.23 bits per heavy atom. The summed E-state index contributed by atoms with van der Waals surface area (Å²) in [7, 11) is 0. The van der Waals surface area contributed by atoms with Crippen molar-refractivity contribution in [3.05, 3.63) is 10.6 Å². The van der Waals surface area contributed by atoms with Crippen molar-refractivity contribution in [2.24, 2.45) is 5.41 Å². The van der Waals surface area contributed by atoms with Crippen molar-refractivity contribution in [1.82, 2.24) is 14.9 Å². The Balaban J connectivity index is 2.86. The average Bonchev–Trinajstić information content (AvgIpc) is 2.36. The maximum absolute atomic E-state index is 5.68. The number of aromatic nitrogens is 3. The van der Waals surface area contributed by atoms with Crippen LogP contribution in [0.3, 0.4) is 0 Å². The molecule has 0 aliphatic rings. The van der Waals surface area contributed by atoms with Gasteiger partial charge in [0.15, 0.2) is 5.82 Å². The first-order chi connectivity index (χ1) is 5.96. The van der Waals surface area contributed by atoms with Gasteiger partial charge in [0.05, 0.1) is 0 Å². The molecule has 1 aromatic rings. The molecule has 0 saturated carbocycles. The van der Waals surface area contributed by atoms with E-state index in [9.17, 15) is 0 Å². The van der Waals surface area contributed by atoms with Crippen molar-refractivity contribution < 1.29 is 0 Å². The summed E-state index contributed by atoms with van der Waals surface area (Å²) in [4.78, 5) is 0. The Bertz CT molecular complexity index is 336. The molecule has 13 heavy (non-hydrogen) atoms.